The van der Waals surface area contributed by atoms with Gasteiger partial charge in [-0.2, -0.15) is 0 Å². The van der Waals surface area contributed by atoms with Crippen LogP contribution in [0.25, 0.3) is 5.65 Å². The van der Waals surface area contributed by atoms with E-state index >= 15 is 0 Å². The molecule has 0 bridgehead atoms. The van der Waals surface area contributed by atoms with E-state index in [1.54, 1.807) is 10.7 Å². The van der Waals surface area contributed by atoms with Gasteiger partial charge >= 0.3 is 69.5 Å². The standard InChI is InChI=1S/C6H4N3.CH2.Al/c1-3-7-6-2-4-8-9(6)5-1;;/h2-5H;1H2;. The Kier molecular flexibility index (Phi) is 1.57. The molecule has 0 saturated heterocycles. The van der Waals surface area contributed by atoms with Crippen molar-refractivity contribution < 1.29 is 0 Å². The number of fused-ring (bicyclic) bond motifs is 1. The minimum absolute atomic E-state index is 0.0919. The fourth-order valence-electron chi connectivity index (χ4n) is 0.930. The van der Waals surface area contributed by atoms with E-state index in [2.05, 4.69) is 15.5 Å². The molecule has 4 heteroatoms. The van der Waals surface area contributed by atoms with E-state index in [0.29, 0.717) is 0 Å². The van der Waals surface area contributed by atoms with Crippen LogP contribution in [0.1, 0.15) is 0 Å². The van der Waals surface area contributed by atoms with Crippen LogP contribution in [-0.4, -0.2) is 34.8 Å². The predicted octanol–water partition coefficient (Wildman–Crippen LogP) is -0.509. The van der Waals surface area contributed by atoms with E-state index in [0.717, 1.165) is 5.65 Å². The van der Waals surface area contributed by atoms with Gasteiger partial charge in [0.2, 0.25) is 0 Å². The summed E-state index contributed by atoms with van der Waals surface area (Å²) in [6, 6.07) is 1.88. The third-order valence-electron chi connectivity index (χ3n) is 1.50. The third-order valence-corrected chi connectivity index (χ3v) is 2.27. The number of nitrogens with zero attached hydrogens (tertiary/aromatic N) is 3. The molecule has 0 spiro atoms. The topological polar surface area (TPSA) is 30.2 Å². The number of hydrogen-bond acceptors (Lipinski definition) is 2. The van der Waals surface area contributed by atoms with Crippen molar-refractivity contribution in [1.29, 1.82) is 0 Å². The van der Waals surface area contributed by atoms with Crippen LogP contribution < -0.4 is 4.43 Å². The molecule has 2 heterocycles. The molecule has 3 nitrogen and oxygen atoms in total. The predicted molar refractivity (Wildman–Crippen MR) is 45.5 cm³/mol. The third kappa shape index (κ3) is 1.11. The Labute approximate surface area is 69.9 Å². The van der Waals surface area contributed by atoms with Gasteiger partial charge in [-0.25, -0.2) is 0 Å². The Morgan fingerprint density at radius 3 is 3.27 bits per heavy atom. The summed E-state index contributed by atoms with van der Waals surface area (Å²) in [7, 11) is 0. The molecule has 0 N–H and O–H groups in total. The summed E-state index contributed by atoms with van der Waals surface area (Å²) in [5, 5.41) is 7.92. The van der Waals surface area contributed by atoms with Gasteiger partial charge in [0, 0.05) is 0 Å². The second-order valence-corrected chi connectivity index (χ2v) is 3.30. The summed E-state index contributed by atoms with van der Waals surface area (Å²) >= 11 is 0.0919. The molecule has 0 aromatic carbocycles. The van der Waals surface area contributed by atoms with Crippen molar-refractivity contribution in [2.75, 3.05) is 0 Å². The van der Waals surface area contributed by atoms with Gasteiger partial charge in [-0.3, -0.25) is 0 Å². The Balaban J connectivity index is 2.76. The van der Waals surface area contributed by atoms with Gasteiger partial charge in [0.25, 0.3) is 0 Å². The van der Waals surface area contributed by atoms with Crippen LogP contribution in [0, 0.1) is 0 Å². The molecule has 0 aliphatic carbocycles. The normalized spacial score (nSPS) is 9.82. The van der Waals surface area contributed by atoms with Gasteiger partial charge in [0.15, 0.2) is 0 Å². The molecule has 0 unspecified atom stereocenters. The minimum atomic E-state index is 0.0919. The van der Waals surface area contributed by atoms with Crippen LogP contribution in [0.5, 0.6) is 0 Å². The molecule has 0 aliphatic heterocycles. The van der Waals surface area contributed by atoms with Gasteiger partial charge < -0.3 is 0 Å². The fraction of sp³-hybridized carbons (Fsp3) is 0. The van der Waals surface area contributed by atoms with Crippen LogP contribution >= 0.6 is 0 Å². The van der Waals surface area contributed by atoms with Gasteiger partial charge in [-0.05, 0) is 0 Å². The molecule has 2 aromatic heterocycles. The van der Waals surface area contributed by atoms with Crippen molar-refractivity contribution in [3.8, 4) is 0 Å². The molecule has 52 valence electrons. The van der Waals surface area contributed by atoms with Crippen molar-refractivity contribution in [2.24, 2.45) is 0 Å². The zero-order chi connectivity index (χ0) is 7.68. The molecule has 2 rings (SSSR count). The van der Waals surface area contributed by atoms with Crippen LogP contribution in [0.15, 0.2) is 24.7 Å². The number of hydrogen-bond donors (Lipinski definition) is 0. The van der Waals surface area contributed by atoms with Crippen molar-refractivity contribution in [1.82, 2.24) is 14.6 Å². The first-order valence-electron chi connectivity index (χ1n) is 3.32. The zero-order valence-electron chi connectivity index (χ0n) is 5.94. The van der Waals surface area contributed by atoms with Gasteiger partial charge in [0.05, 0.1) is 0 Å². The Bertz CT molecular complexity index is 393. The molecular formula is C7H6AlN3. The van der Waals surface area contributed by atoms with Crippen LogP contribution in [0.3, 0.4) is 0 Å². The summed E-state index contributed by atoms with van der Waals surface area (Å²) in [6.45, 7) is 0. The van der Waals surface area contributed by atoms with Gasteiger partial charge in [-0.1, -0.05) is 0 Å². The molecular weight excluding hydrogens is 153 g/mol. The molecule has 0 amide bonds. The summed E-state index contributed by atoms with van der Waals surface area (Å²) in [4.78, 5) is 4.19. The molecule has 0 saturated carbocycles. The quantitative estimate of drug-likeness (QED) is 0.524. The van der Waals surface area contributed by atoms with Crippen LogP contribution in [0.4, 0.5) is 0 Å². The van der Waals surface area contributed by atoms with Gasteiger partial charge in [0.1, 0.15) is 0 Å². The first kappa shape index (κ1) is 6.72. The van der Waals surface area contributed by atoms with E-state index in [1.165, 1.54) is 4.43 Å². The zero-order valence-corrected chi connectivity index (χ0v) is 7.09. The van der Waals surface area contributed by atoms with Crippen molar-refractivity contribution in [2.45, 2.75) is 0 Å². The first-order chi connectivity index (χ1) is 5.40. The SMILES string of the molecule is [CH2]=[Al][c]1cnc2ccnn2c1. The molecule has 0 aliphatic rings. The van der Waals surface area contributed by atoms with Crippen molar-refractivity contribution in [3.63, 3.8) is 0 Å². The average Bonchev–Trinajstić information content (AvgIpc) is 2.50. The van der Waals surface area contributed by atoms with Gasteiger partial charge in [-0.15, -0.1) is 0 Å². The molecule has 2 aromatic rings. The molecule has 0 radical (unpaired) electrons. The number of aromatic nitrogens is 3. The van der Waals surface area contributed by atoms with E-state index in [9.17, 15) is 0 Å². The average molecular weight is 159 g/mol. The summed E-state index contributed by atoms with van der Waals surface area (Å²) < 4.78 is 2.95. The van der Waals surface area contributed by atoms with Crippen LogP contribution in [-0.2, 0) is 0 Å². The molecule has 11 heavy (non-hydrogen) atoms. The maximum atomic E-state index is 4.19. The summed E-state index contributed by atoms with van der Waals surface area (Å²) in [5.74, 6) is 0. The van der Waals surface area contributed by atoms with E-state index in [4.69, 9.17) is 0 Å². The Morgan fingerprint density at radius 2 is 2.45 bits per heavy atom. The first-order valence-corrected chi connectivity index (χ1v) is 4.71. The maximum absolute atomic E-state index is 4.19. The van der Waals surface area contributed by atoms with Crippen molar-refractivity contribution >= 4 is 30.2 Å². The number of rotatable bonds is 1. The molecule has 0 fully saturated rings. The second kappa shape index (κ2) is 2.57. The van der Waals surface area contributed by atoms with Crippen LogP contribution in [0.2, 0.25) is 0 Å². The summed E-state index contributed by atoms with van der Waals surface area (Å²) in [6.07, 6.45) is 5.58. The molecule has 0 atom stereocenters. The van der Waals surface area contributed by atoms with E-state index in [1.807, 2.05) is 18.5 Å². The second-order valence-electron chi connectivity index (χ2n) is 2.23. The monoisotopic (exact) mass is 159 g/mol. The summed E-state index contributed by atoms with van der Waals surface area (Å²) in [5.41, 5.74) is 0.890. The van der Waals surface area contributed by atoms with E-state index < -0.39 is 0 Å². The Morgan fingerprint density at radius 1 is 1.55 bits per heavy atom. The van der Waals surface area contributed by atoms with Crippen molar-refractivity contribution in [3.05, 3.63) is 24.7 Å². The fourth-order valence-corrected chi connectivity index (χ4v) is 1.36. The Hall–Kier alpha value is -0.978. The van der Waals surface area contributed by atoms with E-state index in [-0.39, 0.29) is 14.8 Å².